The van der Waals surface area contributed by atoms with E-state index >= 15 is 0 Å². The zero-order chi connectivity index (χ0) is 13.1. The molecule has 0 fully saturated rings. The maximum atomic E-state index is 11.8. The van der Waals surface area contributed by atoms with E-state index in [1.165, 1.54) is 6.26 Å². The minimum absolute atomic E-state index is 0.267. The number of aryl methyl sites for hydroxylation is 1. The Morgan fingerprint density at radius 3 is 2.78 bits per heavy atom. The van der Waals surface area contributed by atoms with Crippen molar-refractivity contribution in [3.05, 3.63) is 44.4 Å². The number of hydrazone groups is 1. The molecule has 2 aromatic rings. The molecule has 94 valence electrons. The highest BCUT2D eigenvalue weighted by Gasteiger charge is 2.10. The SMILES string of the molecule is CC(=NNC(=O)c1ccoc1C)c1ccc(Br)s1. The number of hydrogen-bond donors (Lipinski definition) is 1. The van der Waals surface area contributed by atoms with E-state index in [2.05, 4.69) is 26.5 Å². The number of carbonyl (C=O) groups is 1. The third-order valence-electron chi connectivity index (χ3n) is 2.36. The summed E-state index contributed by atoms with van der Waals surface area (Å²) in [7, 11) is 0. The molecule has 0 aliphatic rings. The largest absolute Gasteiger partial charge is 0.469 e. The number of halogens is 1. The van der Waals surface area contributed by atoms with Crippen LogP contribution < -0.4 is 5.43 Å². The number of hydrogen-bond acceptors (Lipinski definition) is 4. The average molecular weight is 327 g/mol. The Bertz CT molecular complexity index is 601. The van der Waals surface area contributed by atoms with Crippen LogP contribution in [0.1, 0.15) is 27.9 Å². The second-order valence-corrected chi connectivity index (χ2v) is 6.10. The van der Waals surface area contributed by atoms with Crippen molar-refractivity contribution in [3.8, 4) is 0 Å². The number of carbonyl (C=O) groups excluding carboxylic acids is 1. The van der Waals surface area contributed by atoms with Crippen LogP contribution in [0.2, 0.25) is 0 Å². The van der Waals surface area contributed by atoms with Gasteiger partial charge in [0.1, 0.15) is 5.76 Å². The average Bonchev–Trinajstić information content (AvgIpc) is 2.94. The fourth-order valence-electron chi connectivity index (χ4n) is 1.38. The molecule has 0 bridgehead atoms. The predicted octanol–water partition coefficient (Wildman–Crippen LogP) is 3.57. The van der Waals surface area contributed by atoms with Gasteiger partial charge in [-0.3, -0.25) is 4.79 Å². The minimum Gasteiger partial charge on any atom is -0.469 e. The normalized spacial score (nSPS) is 11.6. The van der Waals surface area contributed by atoms with Gasteiger partial charge in [0, 0.05) is 0 Å². The highest BCUT2D eigenvalue weighted by Crippen LogP contribution is 2.22. The molecule has 0 aliphatic carbocycles. The number of rotatable bonds is 3. The van der Waals surface area contributed by atoms with Gasteiger partial charge in [-0.1, -0.05) is 0 Å². The lowest BCUT2D eigenvalue weighted by atomic mass is 10.2. The van der Waals surface area contributed by atoms with Gasteiger partial charge in [-0.25, -0.2) is 5.43 Å². The van der Waals surface area contributed by atoms with Crippen LogP contribution in [-0.4, -0.2) is 11.6 Å². The molecule has 2 heterocycles. The molecule has 0 unspecified atom stereocenters. The van der Waals surface area contributed by atoms with Crippen LogP contribution in [0.3, 0.4) is 0 Å². The maximum Gasteiger partial charge on any atom is 0.274 e. The van der Waals surface area contributed by atoms with Gasteiger partial charge >= 0.3 is 0 Å². The van der Waals surface area contributed by atoms with E-state index < -0.39 is 0 Å². The van der Waals surface area contributed by atoms with Crippen LogP contribution in [0.25, 0.3) is 0 Å². The van der Waals surface area contributed by atoms with Crippen molar-refractivity contribution in [2.45, 2.75) is 13.8 Å². The molecule has 4 nitrogen and oxygen atoms in total. The molecule has 18 heavy (non-hydrogen) atoms. The van der Waals surface area contributed by atoms with E-state index in [1.807, 2.05) is 19.1 Å². The Morgan fingerprint density at radius 1 is 1.44 bits per heavy atom. The van der Waals surface area contributed by atoms with Crippen molar-refractivity contribution < 1.29 is 9.21 Å². The summed E-state index contributed by atoms with van der Waals surface area (Å²) < 4.78 is 6.10. The van der Waals surface area contributed by atoms with Crippen molar-refractivity contribution >= 4 is 38.9 Å². The Morgan fingerprint density at radius 2 is 2.22 bits per heavy atom. The molecular weight excluding hydrogens is 316 g/mol. The van der Waals surface area contributed by atoms with Crippen molar-refractivity contribution in [2.75, 3.05) is 0 Å². The maximum absolute atomic E-state index is 11.8. The Kier molecular flexibility index (Phi) is 3.98. The van der Waals surface area contributed by atoms with Gasteiger partial charge in [-0.05, 0) is 48.0 Å². The number of amides is 1. The van der Waals surface area contributed by atoms with Crippen LogP contribution in [-0.2, 0) is 0 Å². The predicted molar refractivity (Wildman–Crippen MR) is 75.1 cm³/mol. The van der Waals surface area contributed by atoms with Gasteiger partial charge in [0.2, 0.25) is 0 Å². The van der Waals surface area contributed by atoms with Crippen LogP contribution in [0.4, 0.5) is 0 Å². The minimum atomic E-state index is -0.267. The molecule has 0 saturated carbocycles. The van der Waals surface area contributed by atoms with Crippen molar-refractivity contribution in [3.63, 3.8) is 0 Å². The van der Waals surface area contributed by atoms with E-state index in [1.54, 1.807) is 24.3 Å². The fourth-order valence-corrected chi connectivity index (χ4v) is 2.71. The van der Waals surface area contributed by atoms with Gasteiger partial charge in [0.15, 0.2) is 0 Å². The summed E-state index contributed by atoms with van der Waals surface area (Å²) >= 11 is 4.95. The topological polar surface area (TPSA) is 54.6 Å². The van der Waals surface area contributed by atoms with E-state index in [4.69, 9.17) is 4.42 Å². The van der Waals surface area contributed by atoms with Crippen LogP contribution in [0.5, 0.6) is 0 Å². The van der Waals surface area contributed by atoms with Gasteiger partial charge in [-0.2, -0.15) is 5.10 Å². The number of nitrogens with zero attached hydrogens (tertiary/aromatic N) is 1. The van der Waals surface area contributed by atoms with Crippen molar-refractivity contribution in [1.29, 1.82) is 0 Å². The molecule has 6 heteroatoms. The fraction of sp³-hybridized carbons (Fsp3) is 0.167. The molecular formula is C12H11BrN2O2S. The summed E-state index contributed by atoms with van der Waals surface area (Å²) in [5.41, 5.74) is 3.78. The molecule has 0 spiro atoms. The first-order valence-electron chi connectivity index (χ1n) is 5.22. The molecule has 2 aromatic heterocycles. The standard InChI is InChI=1S/C12H11BrN2O2S/c1-7(10-3-4-11(13)18-10)14-15-12(16)9-5-6-17-8(9)2/h3-6H,1-2H3,(H,15,16). The monoisotopic (exact) mass is 326 g/mol. The summed E-state index contributed by atoms with van der Waals surface area (Å²) in [6, 6.07) is 5.52. The molecule has 0 aromatic carbocycles. The Labute approximate surface area is 117 Å². The quantitative estimate of drug-likeness (QED) is 0.692. The highest BCUT2D eigenvalue weighted by atomic mass is 79.9. The highest BCUT2D eigenvalue weighted by molar-refractivity contribution is 9.11. The third kappa shape index (κ3) is 2.88. The second-order valence-electron chi connectivity index (χ2n) is 3.63. The molecule has 0 atom stereocenters. The number of furan rings is 1. The van der Waals surface area contributed by atoms with Crippen LogP contribution >= 0.6 is 27.3 Å². The van der Waals surface area contributed by atoms with Gasteiger partial charge in [0.25, 0.3) is 5.91 Å². The van der Waals surface area contributed by atoms with Gasteiger partial charge in [-0.15, -0.1) is 11.3 Å². The van der Waals surface area contributed by atoms with Crippen molar-refractivity contribution in [2.24, 2.45) is 5.10 Å². The van der Waals surface area contributed by atoms with Crippen LogP contribution in [0, 0.1) is 6.92 Å². The summed E-state index contributed by atoms with van der Waals surface area (Å²) in [6.07, 6.45) is 1.48. The lowest BCUT2D eigenvalue weighted by Gasteiger charge is -1.99. The molecule has 1 amide bonds. The lowest BCUT2D eigenvalue weighted by Crippen LogP contribution is -2.19. The molecule has 0 aliphatic heterocycles. The Hall–Kier alpha value is -1.40. The molecule has 1 N–H and O–H groups in total. The number of thiophene rings is 1. The lowest BCUT2D eigenvalue weighted by molar-refractivity contribution is 0.0953. The second kappa shape index (κ2) is 5.49. The van der Waals surface area contributed by atoms with E-state index in [-0.39, 0.29) is 5.91 Å². The summed E-state index contributed by atoms with van der Waals surface area (Å²) in [5.74, 6) is 0.315. The first-order chi connectivity index (χ1) is 8.58. The molecule has 0 saturated heterocycles. The first kappa shape index (κ1) is 13.0. The zero-order valence-corrected chi connectivity index (χ0v) is 12.3. The first-order valence-corrected chi connectivity index (χ1v) is 6.83. The summed E-state index contributed by atoms with van der Waals surface area (Å²) in [4.78, 5) is 12.8. The van der Waals surface area contributed by atoms with Gasteiger partial charge < -0.3 is 4.42 Å². The third-order valence-corrected chi connectivity index (χ3v) is 4.09. The molecule has 0 radical (unpaired) electrons. The van der Waals surface area contributed by atoms with E-state index in [0.717, 1.165) is 14.4 Å². The van der Waals surface area contributed by atoms with E-state index in [9.17, 15) is 4.79 Å². The Balaban J connectivity index is 2.07. The smallest absolute Gasteiger partial charge is 0.274 e. The van der Waals surface area contributed by atoms with E-state index in [0.29, 0.717) is 11.3 Å². The summed E-state index contributed by atoms with van der Waals surface area (Å²) in [6.45, 7) is 3.59. The van der Waals surface area contributed by atoms with Crippen LogP contribution in [0.15, 0.2) is 37.8 Å². The van der Waals surface area contributed by atoms with Gasteiger partial charge in [0.05, 0.1) is 26.2 Å². The summed E-state index contributed by atoms with van der Waals surface area (Å²) in [5, 5.41) is 4.07. The van der Waals surface area contributed by atoms with Crippen molar-refractivity contribution in [1.82, 2.24) is 5.43 Å². The zero-order valence-electron chi connectivity index (χ0n) is 9.86. The molecule has 2 rings (SSSR count). The number of nitrogens with one attached hydrogen (secondary N) is 1.